The Labute approximate surface area is 112 Å². The molecular formula is C13H18ClN3O. The van der Waals surface area contributed by atoms with Crippen LogP contribution >= 0.6 is 11.6 Å². The molecule has 1 fully saturated rings. The van der Waals surface area contributed by atoms with Gasteiger partial charge in [0.15, 0.2) is 0 Å². The van der Waals surface area contributed by atoms with Crippen molar-refractivity contribution >= 4 is 23.1 Å². The van der Waals surface area contributed by atoms with E-state index >= 15 is 0 Å². The van der Waals surface area contributed by atoms with Crippen LogP contribution in [-0.2, 0) is 4.74 Å². The predicted octanol–water partition coefficient (Wildman–Crippen LogP) is 2.24. The zero-order chi connectivity index (χ0) is 13.3. The van der Waals surface area contributed by atoms with E-state index in [1.54, 1.807) is 6.07 Å². The summed E-state index contributed by atoms with van der Waals surface area (Å²) in [6.45, 7) is 2.83. The molecule has 2 unspecified atom stereocenters. The molecule has 5 heteroatoms. The molecule has 1 aliphatic rings. The van der Waals surface area contributed by atoms with Crippen LogP contribution in [0.4, 0.5) is 5.69 Å². The van der Waals surface area contributed by atoms with Crippen molar-refractivity contribution in [1.82, 2.24) is 0 Å². The molecule has 18 heavy (non-hydrogen) atoms. The number of halogens is 1. The van der Waals surface area contributed by atoms with Crippen molar-refractivity contribution in [3.05, 3.63) is 28.8 Å². The number of rotatable bonds is 3. The van der Waals surface area contributed by atoms with Crippen LogP contribution in [0.25, 0.3) is 0 Å². The summed E-state index contributed by atoms with van der Waals surface area (Å²) in [6, 6.07) is 5.86. The van der Waals surface area contributed by atoms with Gasteiger partial charge in [-0.1, -0.05) is 17.7 Å². The summed E-state index contributed by atoms with van der Waals surface area (Å²) in [7, 11) is 1.99. The maximum absolute atomic E-state index is 7.67. The van der Waals surface area contributed by atoms with Crippen molar-refractivity contribution in [1.29, 1.82) is 5.41 Å². The molecule has 0 aromatic heterocycles. The van der Waals surface area contributed by atoms with Crippen LogP contribution in [0, 0.1) is 5.41 Å². The number of likely N-dealkylation sites (N-methyl/N-ethyl adjacent to an activating group) is 1. The fourth-order valence-electron chi connectivity index (χ4n) is 2.48. The zero-order valence-corrected chi connectivity index (χ0v) is 11.4. The maximum atomic E-state index is 7.67. The van der Waals surface area contributed by atoms with E-state index in [0.29, 0.717) is 16.6 Å². The average molecular weight is 268 g/mol. The molecule has 0 amide bonds. The van der Waals surface area contributed by atoms with Crippen LogP contribution in [0.1, 0.15) is 18.9 Å². The normalized spacial score (nSPS) is 23.1. The second kappa shape index (κ2) is 5.16. The van der Waals surface area contributed by atoms with Gasteiger partial charge < -0.3 is 15.4 Å². The average Bonchev–Trinajstić information content (AvgIpc) is 2.73. The quantitative estimate of drug-likeness (QED) is 0.652. The maximum Gasteiger partial charge on any atom is 0.126 e. The molecule has 98 valence electrons. The lowest BCUT2D eigenvalue weighted by Crippen LogP contribution is -2.38. The second-order valence-corrected chi connectivity index (χ2v) is 5.00. The number of benzene rings is 1. The number of nitrogen functional groups attached to an aromatic ring is 1. The Morgan fingerprint density at radius 3 is 2.83 bits per heavy atom. The van der Waals surface area contributed by atoms with Gasteiger partial charge >= 0.3 is 0 Å². The van der Waals surface area contributed by atoms with Crippen molar-refractivity contribution in [3.63, 3.8) is 0 Å². The van der Waals surface area contributed by atoms with Gasteiger partial charge in [-0.15, -0.1) is 0 Å². The van der Waals surface area contributed by atoms with Gasteiger partial charge in [-0.05, 0) is 25.5 Å². The van der Waals surface area contributed by atoms with Crippen LogP contribution < -0.4 is 10.6 Å². The lowest BCUT2D eigenvalue weighted by molar-refractivity contribution is 0.118. The van der Waals surface area contributed by atoms with Crippen molar-refractivity contribution < 1.29 is 4.74 Å². The van der Waals surface area contributed by atoms with E-state index in [1.807, 2.05) is 19.2 Å². The van der Waals surface area contributed by atoms with Gasteiger partial charge in [0, 0.05) is 19.3 Å². The first-order chi connectivity index (χ1) is 8.52. The lowest BCUT2D eigenvalue weighted by Gasteiger charge is -2.30. The molecule has 0 aliphatic carbocycles. The number of amidine groups is 1. The van der Waals surface area contributed by atoms with E-state index < -0.39 is 0 Å². The van der Waals surface area contributed by atoms with Gasteiger partial charge in [0.25, 0.3) is 0 Å². The molecule has 2 atom stereocenters. The van der Waals surface area contributed by atoms with Crippen LogP contribution in [-0.4, -0.2) is 31.6 Å². The lowest BCUT2D eigenvalue weighted by atomic mass is 10.1. The van der Waals surface area contributed by atoms with Crippen molar-refractivity contribution in [2.75, 3.05) is 18.6 Å². The van der Waals surface area contributed by atoms with Crippen molar-refractivity contribution in [3.8, 4) is 0 Å². The highest BCUT2D eigenvalue weighted by atomic mass is 35.5. The molecule has 1 saturated heterocycles. The minimum absolute atomic E-state index is 0.00554. The van der Waals surface area contributed by atoms with Gasteiger partial charge in [0.1, 0.15) is 5.84 Å². The number of nitrogens with zero attached hydrogens (tertiary/aromatic N) is 1. The summed E-state index contributed by atoms with van der Waals surface area (Å²) in [4.78, 5) is 2.11. The summed E-state index contributed by atoms with van der Waals surface area (Å²) in [5, 5.41) is 8.18. The van der Waals surface area contributed by atoms with Gasteiger partial charge in [-0.3, -0.25) is 5.41 Å². The van der Waals surface area contributed by atoms with Crippen LogP contribution in [0.15, 0.2) is 18.2 Å². The van der Waals surface area contributed by atoms with E-state index in [4.69, 9.17) is 27.5 Å². The molecule has 1 aromatic rings. The second-order valence-electron chi connectivity index (χ2n) is 4.59. The number of nitrogens with two attached hydrogens (primary N) is 1. The van der Waals surface area contributed by atoms with Crippen LogP contribution in [0.2, 0.25) is 5.02 Å². The molecule has 2 rings (SSSR count). The summed E-state index contributed by atoms with van der Waals surface area (Å²) in [5.41, 5.74) is 7.11. The first-order valence-corrected chi connectivity index (χ1v) is 6.37. The highest BCUT2D eigenvalue weighted by Crippen LogP contribution is 2.30. The molecule has 0 saturated carbocycles. The van der Waals surface area contributed by atoms with E-state index in [2.05, 4.69) is 11.8 Å². The molecular weight excluding hydrogens is 250 g/mol. The first-order valence-electron chi connectivity index (χ1n) is 5.99. The predicted molar refractivity (Wildman–Crippen MR) is 74.7 cm³/mol. The molecule has 0 spiro atoms. The zero-order valence-electron chi connectivity index (χ0n) is 10.6. The first kappa shape index (κ1) is 13.2. The third kappa shape index (κ3) is 2.31. The minimum Gasteiger partial charge on any atom is -0.384 e. The largest absolute Gasteiger partial charge is 0.384 e. The third-order valence-electron chi connectivity index (χ3n) is 3.47. The number of hydrogen-bond donors (Lipinski definition) is 2. The van der Waals surface area contributed by atoms with E-state index in [1.165, 1.54) is 0 Å². The van der Waals surface area contributed by atoms with Crippen molar-refractivity contribution in [2.45, 2.75) is 25.5 Å². The monoisotopic (exact) mass is 267 g/mol. The number of nitrogens with one attached hydrogen (secondary N) is 1. The molecule has 1 aromatic carbocycles. The van der Waals surface area contributed by atoms with E-state index in [9.17, 15) is 0 Å². The summed E-state index contributed by atoms with van der Waals surface area (Å²) >= 11 is 6.13. The standard InChI is InChI=1S/C13H18ClN3O/c1-8-10(6-7-18-8)17(2)11-5-3-4-9(14)12(11)13(15)16/h3-5,8,10H,6-7H2,1-2H3,(H3,15,16). The van der Waals surface area contributed by atoms with E-state index in [-0.39, 0.29) is 11.9 Å². The Morgan fingerprint density at radius 1 is 1.56 bits per heavy atom. The third-order valence-corrected chi connectivity index (χ3v) is 3.79. The number of ether oxygens (including phenoxy) is 1. The molecule has 1 aliphatic heterocycles. The highest BCUT2D eigenvalue weighted by molar-refractivity contribution is 6.34. The molecule has 4 nitrogen and oxygen atoms in total. The summed E-state index contributed by atoms with van der Waals surface area (Å²) < 4.78 is 5.58. The van der Waals surface area contributed by atoms with Gasteiger partial charge in [-0.25, -0.2) is 0 Å². The van der Waals surface area contributed by atoms with Crippen LogP contribution in [0.5, 0.6) is 0 Å². The molecule has 0 bridgehead atoms. The van der Waals surface area contributed by atoms with Gasteiger partial charge in [0.2, 0.25) is 0 Å². The topological polar surface area (TPSA) is 62.3 Å². The fraction of sp³-hybridized carbons (Fsp3) is 0.462. The highest BCUT2D eigenvalue weighted by Gasteiger charge is 2.29. The molecule has 3 N–H and O–H groups in total. The van der Waals surface area contributed by atoms with Crippen LogP contribution in [0.3, 0.4) is 0 Å². The van der Waals surface area contributed by atoms with Crippen molar-refractivity contribution in [2.24, 2.45) is 5.73 Å². The van der Waals surface area contributed by atoms with E-state index in [0.717, 1.165) is 18.7 Å². The minimum atomic E-state index is -0.00554. The Balaban J connectivity index is 2.38. The summed E-state index contributed by atoms with van der Waals surface area (Å²) in [5.74, 6) is -0.00554. The Morgan fingerprint density at radius 2 is 2.28 bits per heavy atom. The number of anilines is 1. The molecule has 1 heterocycles. The van der Waals surface area contributed by atoms with Gasteiger partial charge in [-0.2, -0.15) is 0 Å². The SMILES string of the molecule is CC1OCCC1N(C)c1cccc(Cl)c1C(=N)N. The Kier molecular flexibility index (Phi) is 3.78. The number of hydrogen-bond acceptors (Lipinski definition) is 3. The van der Waals surface area contributed by atoms with Gasteiger partial charge in [0.05, 0.1) is 22.7 Å². The Bertz CT molecular complexity index is 464. The Hall–Kier alpha value is -1.26. The molecule has 0 radical (unpaired) electrons. The smallest absolute Gasteiger partial charge is 0.126 e. The summed E-state index contributed by atoms with van der Waals surface area (Å²) in [6.07, 6.45) is 1.15. The fourth-order valence-corrected chi connectivity index (χ4v) is 2.75.